The fourth-order valence-electron chi connectivity index (χ4n) is 3.47. The molecule has 1 fully saturated rings. The Kier molecular flexibility index (Phi) is 5.13. The highest BCUT2D eigenvalue weighted by molar-refractivity contribution is 7.89. The highest BCUT2D eigenvalue weighted by Gasteiger charge is 2.35. The molecule has 0 amide bonds. The lowest BCUT2D eigenvalue weighted by molar-refractivity contribution is 0.332. The van der Waals surface area contributed by atoms with Gasteiger partial charge in [-0.15, -0.1) is 11.3 Å². The molecule has 130 valence electrons. The number of benzene rings is 1. The van der Waals surface area contributed by atoms with Crippen LogP contribution >= 0.6 is 11.3 Å². The van der Waals surface area contributed by atoms with E-state index in [0.29, 0.717) is 11.4 Å². The summed E-state index contributed by atoms with van der Waals surface area (Å²) in [6.45, 7) is 6.52. The predicted molar refractivity (Wildman–Crippen MR) is 100 cm³/mol. The van der Waals surface area contributed by atoms with E-state index in [-0.39, 0.29) is 6.04 Å². The van der Waals surface area contributed by atoms with Gasteiger partial charge in [-0.25, -0.2) is 8.42 Å². The van der Waals surface area contributed by atoms with Gasteiger partial charge in [0.25, 0.3) is 0 Å². The molecule has 1 aliphatic rings. The van der Waals surface area contributed by atoms with Crippen molar-refractivity contribution in [3.05, 3.63) is 51.2 Å². The van der Waals surface area contributed by atoms with Gasteiger partial charge in [-0.05, 0) is 67.8 Å². The molecule has 1 aromatic heterocycles. The normalized spacial score (nSPS) is 20.0. The maximum absolute atomic E-state index is 13.5. The maximum Gasteiger partial charge on any atom is 0.243 e. The Morgan fingerprint density at radius 1 is 1.04 bits per heavy atom. The van der Waals surface area contributed by atoms with Gasteiger partial charge in [-0.1, -0.05) is 25.0 Å². The fourth-order valence-corrected chi connectivity index (χ4v) is 6.59. The Balaban J connectivity index is 2.08. The minimum Gasteiger partial charge on any atom is -0.207 e. The van der Waals surface area contributed by atoms with E-state index in [9.17, 15) is 8.42 Å². The zero-order valence-electron chi connectivity index (χ0n) is 14.6. The van der Waals surface area contributed by atoms with Crippen LogP contribution in [0.2, 0.25) is 0 Å². The Hall–Kier alpha value is -1.17. The molecule has 0 aliphatic carbocycles. The third-order valence-electron chi connectivity index (χ3n) is 4.84. The molecule has 0 bridgehead atoms. The number of rotatable bonds is 3. The lowest BCUT2D eigenvalue weighted by Gasteiger charge is -2.29. The van der Waals surface area contributed by atoms with E-state index in [1.54, 1.807) is 15.6 Å². The highest BCUT2D eigenvalue weighted by Crippen LogP contribution is 2.38. The molecule has 1 aromatic carbocycles. The number of aryl methyl sites for hydroxylation is 3. The van der Waals surface area contributed by atoms with E-state index in [2.05, 4.69) is 18.4 Å². The van der Waals surface area contributed by atoms with Gasteiger partial charge in [0.2, 0.25) is 10.0 Å². The molecule has 0 N–H and O–H groups in total. The first kappa shape index (κ1) is 17.6. The van der Waals surface area contributed by atoms with Crippen molar-refractivity contribution in [2.24, 2.45) is 0 Å². The van der Waals surface area contributed by atoms with Crippen molar-refractivity contribution in [2.45, 2.75) is 57.4 Å². The Morgan fingerprint density at radius 2 is 1.83 bits per heavy atom. The number of sulfonamides is 1. The molecule has 0 spiro atoms. The van der Waals surface area contributed by atoms with Gasteiger partial charge in [0.1, 0.15) is 0 Å². The van der Waals surface area contributed by atoms with Crippen LogP contribution in [-0.4, -0.2) is 19.3 Å². The quantitative estimate of drug-likeness (QED) is 0.771. The van der Waals surface area contributed by atoms with E-state index < -0.39 is 10.0 Å². The Labute approximate surface area is 149 Å². The van der Waals surface area contributed by atoms with Crippen LogP contribution in [0, 0.1) is 20.8 Å². The summed E-state index contributed by atoms with van der Waals surface area (Å²) < 4.78 is 28.7. The summed E-state index contributed by atoms with van der Waals surface area (Å²) in [5, 5.41) is 2.07. The molecule has 0 radical (unpaired) electrons. The molecule has 0 saturated carbocycles. The van der Waals surface area contributed by atoms with Crippen molar-refractivity contribution >= 4 is 21.4 Å². The smallest absolute Gasteiger partial charge is 0.207 e. The molecule has 3 rings (SSSR count). The molecule has 2 heterocycles. The summed E-state index contributed by atoms with van der Waals surface area (Å²) in [5.41, 5.74) is 3.01. The van der Waals surface area contributed by atoms with Crippen LogP contribution in [-0.2, 0) is 10.0 Å². The van der Waals surface area contributed by atoms with E-state index in [1.165, 1.54) is 10.4 Å². The van der Waals surface area contributed by atoms with Crippen LogP contribution < -0.4 is 0 Å². The number of hydrogen-bond acceptors (Lipinski definition) is 3. The minimum atomic E-state index is -3.49. The van der Waals surface area contributed by atoms with Gasteiger partial charge < -0.3 is 0 Å². The van der Waals surface area contributed by atoms with Gasteiger partial charge >= 0.3 is 0 Å². The monoisotopic (exact) mass is 363 g/mol. The maximum atomic E-state index is 13.5. The van der Waals surface area contributed by atoms with Crippen LogP contribution in [0.4, 0.5) is 0 Å². The van der Waals surface area contributed by atoms with Crippen LogP contribution in [0.3, 0.4) is 0 Å². The van der Waals surface area contributed by atoms with E-state index in [0.717, 1.165) is 36.8 Å². The van der Waals surface area contributed by atoms with E-state index in [1.807, 2.05) is 32.0 Å². The summed E-state index contributed by atoms with van der Waals surface area (Å²) >= 11 is 1.68. The van der Waals surface area contributed by atoms with Crippen molar-refractivity contribution < 1.29 is 8.42 Å². The zero-order chi connectivity index (χ0) is 17.3. The lowest BCUT2D eigenvalue weighted by atomic mass is 10.1. The largest absolute Gasteiger partial charge is 0.243 e. The molecule has 1 aliphatic heterocycles. The Bertz CT molecular complexity index is 824. The first-order chi connectivity index (χ1) is 11.4. The molecule has 5 heteroatoms. The van der Waals surface area contributed by atoms with Crippen molar-refractivity contribution in [1.29, 1.82) is 0 Å². The van der Waals surface area contributed by atoms with Gasteiger partial charge in [0.05, 0.1) is 10.9 Å². The van der Waals surface area contributed by atoms with Crippen molar-refractivity contribution in [1.82, 2.24) is 4.31 Å². The van der Waals surface area contributed by atoms with Crippen LogP contribution in [0.5, 0.6) is 0 Å². The topological polar surface area (TPSA) is 37.4 Å². The summed E-state index contributed by atoms with van der Waals surface area (Å²) in [6, 6.07) is 7.75. The average molecular weight is 364 g/mol. The summed E-state index contributed by atoms with van der Waals surface area (Å²) in [7, 11) is -3.49. The number of thiophene rings is 1. The summed E-state index contributed by atoms with van der Waals surface area (Å²) in [5.74, 6) is 0. The molecule has 1 unspecified atom stereocenters. The summed E-state index contributed by atoms with van der Waals surface area (Å²) in [6.07, 6.45) is 4.02. The van der Waals surface area contributed by atoms with E-state index in [4.69, 9.17) is 0 Å². The predicted octanol–water partition coefficient (Wildman–Crippen LogP) is 4.98. The van der Waals surface area contributed by atoms with Gasteiger partial charge in [0, 0.05) is 11.4 Å². The average Bonchev–Trinajstić information content (AvgIpc) is 2.82. The first-order valence-corrected chi connectivity index (χ1v) is 10.9. The van der Waals surface area contributed by atoms with Crippen LogP contribution in [0.15, 0.2) is 34.5 Å². The second-order valence-electron chi connectivity index (χ2n) is 6.72. The van der Waals surface area contributed by atoms with Crippen LogP contribution in [0.1, 0.15) is 53.3 Å². The van der Waals surface area contributed by atoms with E-state index >= 15 is 0 Å². The molecule has 24 heavy (non-hydrogen) atoms. The van der Waals surface area contributed by atoms with Gasteiger partial charge in [-0.2, -0.15) is 4.31 Å². The number of nitrogens with zero attached hydrogens (tertiary/aromatic N) is 1. The second kappa shape index (κ2) is 6.98. The molecular formula is C19H25NO2S2. The molecule has 3 nitrogen and oxygen atoms in total. The van der Waals surface area contributed by atoms with Crippen molar-refractivity contribution in [2.75, 3.05) is 6.54 Å². The van der Waals surface area contributed by atoms with Crippen molar-refractivity contribution in [3.8, 4) is 0 Å². The van der Waals surface area contributed by atoms with Crippen LogP contribution in [0.25, 0.3) is 0 Å². The van der Waals surface area contributed by atoms with Gasteiger partial charge in [-0.3, -0.25) is 0 Å². The Morgan fingerprint density at radius 3 is 2.54 bits per heavy atom. The summed E-state index contributed by atoms with van der Waals surface area (Å²) in [4.78, 5) is 1.66. The molecular weight excluding hydrogens is 338 g/mol. The third kappa shape index (κ3) is 3.30. The first-order valence-electron chi connectivity index (χ1n) is 8.54. The third-order valence-corrected chi connectivity index (χ3v) is 8.01. The lowest BCUT2D eigenvalue weighted by Crippen LogP contribution is -2.35. The minimum absolute atomic E-state index is 0.0302. The zero-order valence-corrected chi connectivity index (χ0v) is 16.2. The second-order valence-corrected chi connectivity index (χ2v) is 9.52. The van der Waals surface area contributed by atoms with Gasteiger partial charge in [0.15, 0.2) is 0 Å². The molecule has 2 aromatic rings. The fraction of sp³-hybridized carbons (Fsp3) is 0.474. The molecule has 1 saturated heterocycles. The molecule has 1 atom stereocenters. The number of hydrogen-bond donors (Lipinski definition) is 0. The highest BCUT2D eigenvalue weighted by atomic mass is 32.2. The van der Waals surface area contributed by atoms with Crippen molar-refractivity contribution in [3.63, 3.8) is 0 Å². The SMILES string of the molecule is Cc1ccc(C)c(S(=O)(=O)N2CCCCCC2c2sccc2C)c1. The standard InChI is InChI=1S/C19H25NO2S2/c1-14-8-9-15(2)18(13-14)24(21,22)20-11-6-4-5-7-17(20)19-16(3)10-12-23-19/h8-10,12-13,17H,4-7,11H2,1-3H3.